The molecular weight excluding hydrogens is 243 g/mol. The lowest BCUT2D eigenvalue weighted by molar-refractivity contribution is 0.552. The van der Waals surface area contributed by atoms with E-state index < -0.39 is 15.8 Å². The van der Waals surface area contributed by atoms with Crippen LogP contribution in [-0.4, -0.2) is 28.6 Å². The van der Waals surface area contributed by atoms with Crippen molar-refractivity contribution in [3.63, 3.8) is 0 Å². The van der Waals surface area contributed by atoms with Crippen LogP contribution in [0.2, 0.25) is 0 Å². The van der Waals surface area contributed by atoms with Gasteiger partial charge in [-0.2, -0.15) is 0 Å². The highest BCUT2D eigenvalue weighted by atomic mass is 32.2. The molecule has 1 aromatic rings. The molecule has 0 bridgehead atoms. The average Bonchev–Trinajstić information content (AvgIpc) is 2.24. The predicted octanol–water partition coefficient (Wildman–Crippen LogP) is 1.02. The third kappa shape index (κ3) is 3.76. The standard InChI is InChI=1S/C11H17FN2O2S/c1-9-5-3-6-10(12)11(9)17(15,16)14-8-4-7-13-2/h3,5-6,13-14H,4,7-8H2,1-2H3. The van der Waals surface area contributed by atoms with Crippen molar-refractivity contribution in [1.82, 2.24) is 10.0 Å². The minimum Gasteiger partial charge on any atom is -0.320 e. The second-order valence-corrected chi connectivity index (χ2v) is 5.44. The van der Waals surface area contributed by atoms with Crippen molar-refractivity contribution in [3.8, 4) is 0 Å². The van der Waals surface area contributed by atoms with E-state index in [-0.39, 0.29) is 11.4 Å². The third-order valence-corrected chi connectivity index (χ3v) is 3.97. The van der Waals surface area contributed by atoms with Crippen molar-refractivity contribution >= 4 is 10.0 Å². The minimum absolute atomic E-state index is 0.260. The Bertz CT molecular complexity index is 454. The van der Waals surface area contributed by atoms with Gasteiger partial charge in [-0.3, -0.25) is 0 Å². The van der Waals surface area contributed by atoms with E-state index in [1.54, 1.807) is 20.0 Å². The molecule has 96 valence electrons. The van der Waals surface area contributed by atoms with Gasteiger partial charge in [-0.25, -0.2) is 17.5 Å². The molecular formula is C11H17FN2O2S. The second-order valence-electron chi connectivity index (χ2n) is 3.74. The molecule has 0 atom stereocenters. The van der Waals surface area contributed by atoms with Crippen LogP contribution in [0.25, 0.3) is 0 Å². The van der Waals surface area contributed by atoms with Crippen LogP contribution in [0, 0.1) is 12.7 Å². The highest BCUT2D eigenvalue weighted by molar-refractivity contribution is 7.89. The maximum absolute atomic E-state index is 13.5. The quantitative estimate of drug-likeness (QED) is 0.751. The summed E-state index contributed by atoms with van der Waals surface area (Å²) in [4.78, 5) is -0.260. The van der Waals surface area contributed by atoms with Gasteiger partial charge in [0.25, 0.3) is 0 Å². The van der Waals surface area contributed by atoms with E-state index in [2.05, 4.69) is 10.0 Å². The lowest BCUT2D eigenvalue weighted by atomic mass is 10.2. The fourth-order valence-corrected chi connectivity index (χ4v) is 2.87. The summed E-state index contributed by atoms with van der Waals surface area (Å²) in [7, 11) is -1.97. The van der Waals surface area contributed by atoms with Crippen LogP contribution in [0.4, 0.5) is 4.39 Å². The summed E-state index contributed by atoms with van der Waals surface area (Å²) in [5, 5.41) is 2.91. The zero-order valence-electron chi connectivity index (χ0n) is 9.96. The molecule has 0 aromatic heterocycles. The maximum Gasteiger partial charge on any atom is 0.243 e. The van der Waals surface area contributed by atoms with Crippen molar-refractivity contribution in [2.45, 2.75) is 18.2 Å². The number of sulfonamides is 1. The third-order valence-electron chi connectivity index (χ3n) is 2.33. The van der Waals surface area contributed by atoms with Gasteiger partial charge in [0.2, 0.25) is 10.0 Å². The molecule has 0 amide bonds. The molecule has 4 nitrogen and oxygen atoms in total. The SMILES string of the molecule is CNCCCNS(=O)(=O)c1c(C)cccc1F. The van der Waals surface area contributed by atoms with Gasteiger partial charge in [0.05, 0.1) is 0 Å². The van der Waals surface area contributed by atoms with Gasteiger partial charge >= 0.3 is 0 Å². The van der Waals surface area contributed by atoms with Crippen molar-refractivity contribution in [2.75, 3.05) is 20.1 Å². The van der Waals surface area contributed by atoms with E-state index in [1.807, 2.05) is 0 Å². The molecule has 6 heteroatoms. The molecule has 0 saturated heterocycles. The molecule has 0 spiro atoms. The van der Waals surface area contributed by atoms with Crippen LogP contribution >= 0.6 is 0 Å². The van der Waals surface area contributed by atoms with Gasteiger partial charge in [-0.05, 0) is 38.6 Å². The number of hydrogen-bond donors (Lipinski definition) is 2. The zero-order valence-corrected chi connectivity index (χ0v) is 10.8. The van der Waals surface area contributed by atoms with E-state index >= 15 is 0 Å². The van der Waals surface area contributed by atoms with Crippen LogP contribution in [0.1, 0.15) is 12.0 Å². The summed E-state index contributed by atoms with van der Waals surface area (Å²) >= 11 is 0. The van der Waals surface area contributed by atoms with E-state index in [0.29, 0.717) is 18.5 Å². The number of nitrogens with one attached hydrogen (secondary N) is 2. The Morgan fingerprint density at radius 1 is 1.29 bits per heavy atom. The lowest BCUT2D eigenvalue weighted by Gasteiger charge is -2.09. The first-order valence-corrected chi connectivity index (χ1v) is 6.86. The van der Waals surface area contributed by atoms with Crippen molar-refractivity contribution in [2.24, 2.45) is 0 Å². The Morgan fingerprint density at radius 2 is 2.00 bits per heavy atom. The summed E-state index contributed by atoms with van der Waals surface area (Å²) in [5.41, 5.74) is 0.408. The van der Waals surface area contributed by atoms with Gasteiger partial charge in [0.1, 0.15) is 10.7 Å². The summed E-state index contributed by atoms with van der Waals surface area (Å²) < 4.78 is 39.6. The van der Waals surface area contributed by atoms with Crippen LogP contribution in [0.15, 0.2) is 23.1 Å². The Labute approximate surface area is 101 Å². The minimum atomic E-state index is -3.75. The summed E-state index contributed by atoms with van der Waals surface area (Å²) in [5.74, 6) is -0.717. The van der Waals surface area contributed by atoms with E-state index in [0.717, 1.165) is 6.07 Å². The molecule has 0 saturated carbocycles. The van der Waals surface area contributed by atoms with E-state index in [9.17, 15) is 12.8 Å². The van der Waals surface area contributed by atoms with Crippen molar-refractivity contribution < 1.29 is 12.8 Å². The number of rotatable bonds is 6. The molecule has 17 heavy (non-hydrogen) atoms. The average molecular weight is 260 g/mol. The molecule has 1 aromatic carbocycles. The molecule has 0 aliphatic rings. The monoisotopic (exact) mass is 260 g/mol. The first-order valence-electron chi connectivity index (χ1n) is 5.38. The predicted molar refractivity (Wildman–Crippen MR) is 64.9 cm³/mol. The number of benzene rings is 1. The van der Waals surface area contributed by atoms with Crippen LogP contribution < -0.4 is 10.0 Å². The Balaban J connectivity index is 2.83. The number of hydrogen-bond acceptors (Lipinski definition) is 3. The number of halogens is 1. The van der Waals surface area contributed by atoms with Gasteiger partial charge < -0.3 is 5.32 Å². The zero-order chi connectivity index (χ0) is 12.9. The molecule has 0 fully saturated rings. The highest BCUT2D eigenvalue weighted by Crippen LogP contribution is 2.18. The van der Waals surface area contributed by atoms with Crippen LogP contribution in [-0.2, 0) is 10.0 Å². The fourth-order valence-electron chi connectivity index (χ4n) is 1.50. The Hall–Kier alpha value is -0.980. The van der Waals surface area contributed by atoms with Gasteiger partial charge in [-0.15, -0.1) is 0 Å². The topological polar surface area (TPSA) is 58.2 Å². The fraction of sp³-hybridized carbons (Fsp3) is 0.455. The normalized spacial score (nSPS) is 11.7. The largest absolute Gasteiger partial charge is 0.320 e. The van der Waals surface area contributed by atoms with E-state index in [4.69, 9.17) is 0 Å². The molecule has 1 rings (SSSR count). The molecule has 0 aliphatic carbocycles. The van der Waals surface area contributed by atoms with Gasteiger partial charge in [0.15, 0.2) is 0 Å². The van der Waals surface area contributed by atoms with Crippen molar-refractivity contribution in [1.29, 1.82) is 0 Å². The van der Waals surface area contributed by atoms with Gasteiger partial charge in [-0.1, -0.05) is 12.1 Å². The van der Waals surface area contributed by atoms with E-state index in [1.165, 1.54) is 6.07 Å². The second kappa shape index (κ2) is 6.09. The summed E-state index contributed by atoms with van der Waals surface area (Å²) in [6.45, 7) is 2.57. The lowest BCUT2D eigenvalue weighted by Crippen LogP contribution is -2.28. The first-order chi connectivity index (χ1) is 7.99. The summed E-state index contributed by atoms with van der Waals surface area (Å²) in [6.07, 6.45) is 0.656. The van der Waals surface area contributed by atoms with Crippen molar-refractivity contribution in [3.05, 3.63) is 29.6 Å². The van der Waals surface area contributed by atoms with Crippen LogP contribution in [0.3, 0.4) is 0 Å². The highest BCUT2D eigenvalue weighted by Gasteiger charge is 2.20. The van der Waals surface area contributed by atoms with Crippen LogP contribution in [0.5, 0.6) is 0 Å². The maximum atomic E-state index is 13.5. The first kappa shape index (κ1) is 14.1. The molecule has 0 radical (unpaired) electrons. The Kier molecular flexibility index (Phi) is 5.04. The summed E-state index contributed by atoms with van der Waals surface area (Å²) in [6, 6.07) is 4.21. The Morgan fingerprint density at radius 3 is 2.59 bits per heavy atom. The van der Waals surface area contributed by atoms with Gasteiger partial charge in [0, 0.05) is 6.54 Å². The molecule has 0 heterocycles. The number of aryl methyl sites for hydroxylation is 1. The molecule has 0 unspecified atom stereocenters. The molecule has 0 aliphatic heterocycles. The smallest absolute Gasteiger partial charge is 0.243 e. The molecule has 2 N–H and O–H groups in total.